The summed E-state index contributed by atoms with van der Waals surface area (Å²) < 4.78 is 7.48. The van der Waals surface area contributed by atoms with Gasteiger partial charge in [0.2, 0.25) is 16.9 Å². The summed E-state index contributed by atoms with van der Waals surface area (Å²) in [5.41, 5.74) is 1.11. The van der Waals surface area contributed by atoms with E-state index in [-0.39, 0.29) is 11.7 Å². The van der Waals surface area contributed by atoms with Gasteiger partial charge in [0, 0.05) is 5.92 Å². The number of carbonyl (C=O) groups excluding carboxylic acids is 1. The van der Waals surface area contributed by atoms with Gasteiger partial charge in [-0.1, -0.05) is 53.4 Å². The number of nitrogens with zero attached hydrogens (tertiary/aromatic N) is 5. The molecule has 3 aromatic heterocycles. The van der Waals surface area contributed by atoms with Crippen LogP contribution in [0.2, 0.25) is 0 Å². The number of rotatable bonds is 8. The minimum absolute atomic E-state index is 0.146. The van der Waals surface area contributed by atoms with E-state index in [2.05, 4.69) is 25.7 Å². The number of hydrogen-bond donors (Lipinski definition) is 1. The Morgan fingerprint density at radius 3 is 2.77 bits per heavy atom. The van der Waals surface area contributed by atoms with Crippen molar-refractivity contribution in [1.82, 2.24) is 25.0 Å². The number of hydrogen-bond acceptors (Lipinski definition) is 8. The molecule has 10 heteroatoms. The van der Waals surface area contributed by atoms with Gasteiger partial charge in [-0.25, -0.2) is 0 Å². The molecule has 1 amide bonds. The number of anilines is 1. The number of thioether (sulfide) groups is 1. The van der Waals surface area contributed by atoms with Gasteiger partial charge >= 0.3 is 0 Å². The molecule has 0 aliphatic heterocycles. The van der Waals surface area contributed by atoms with Gasteiger partial charge in [0.15, 0.2) is 10.9 Å². The lowest BCUT2D eigenvalue weighted by molar-refractivity contribution is -0.113. The molecule has 3 heterocycles. The summed E-state index contributed by atoms with van der Waals surface area (Å²) in [6.07, 6.45) is 3.93. The van der Waals surface area contributed by atoms with Crippen molar-refractivity contribution in [2.24, 2.45) is 0 Å². The molecule has 152 valence electrons. The minimum atomic E-state index is -0.146. The second-order valence-corrected chi connectivity index (χ2v) is 8.86. The Kier molecular flexibility index (Phi) is 5.33. The van der Waals surface area contributed by atoms with Crippen LogP contribution < -0.4 is 5.32 Å². The van der Waals surface area contributed by atoms with Gasteiger partial charge < -0.3 is 4.42 Å². The Hall–Kier alpha value is -2.98. The van der Waals surface area contributed by atoms with Gasteiger partial charge in [-0.3, -0.25) is 14.7 Å². The highest BCUT2D eigenvalue weighted by atomic mass is 32.2. The van der Waals surface area contributed by atoms with E-state index in [4.69, 9.17) is 4.42 Å². The summed E-state index contributed by atoms with van der Waals surface area (Å²) in [7, 11) is 0. The van der Waals surface area contributed by atoms with Crippen LogP contribution in [0.4, 0.5) is 5.13 Å². The van der Waals surface area contributed by atoms with Crippen LogP contribution in [0.25, 0.3) is 11.6 Å². The molecular formula is C20H18N6O2S2. The summed E-state index contributed by atoms with van der Waals surface area (Å²) in [6.45, 7) is 0.578. The van der Waals surface area contributed by atoms with Crippen molar-refractivity contribution in [3.63, 3.8) is 0 Å². The van der Waals surface area contributed by atoms with Crippen molar-refractivity contribution >= 4 is 34.1 Å². The Morgan fingerprint density at radius 1 is 1.13 bits per heavy atom. The Labute approximate surface area is 180 Å². The zero-order valence-corrected chi connectivity index (χ0v) is 17.5. The fourth-order valence-corrected chi connectivity index (χ4v) is 4.62. The van der Waals surface area contributed by atoms with E-state index in [0.717, 1.165) is 23.4 Å². The molecule has 0 unspecified atom stereocenters. The van der Waals surface area contributed by atoms with E-state index in [0.29, 0.717) is 34.3 Å². The van der Waals surface area contributed by atoms with Crippen LogP contribution >= 0.6 is 23.1 Å². The summed E-state index contributed by atoms with van der Waals surface area (Å²) in [4.78, 5) is 12.4. The lowest BCUT2D eigenvalue weighted by Gasteiger charge is -2.09. The molecule has 1 aromatic carbocycles. The van der Waals surface area contributed by atoms with E-state index in [1.807, 2.05) is 47.0 Å². The molecule has 4 aromatic rings. The molecule has 0 bridgehead atoms. The second kappa shape index (κ2) is 8.41. The van der Waals surface area contributed by atoms with Crippen molar-refractivity contribution in [3.05, 3.63) is 59.3 Å². The quantitative estimate of drug-likeness (QED) is 0.414. The van der Waals surface area contributed by atoms with Crippen molar-refractivity contribution in [3.8, 4) is 11.6 Å². The highest BCUT2D eigenvalue weighted by Gasteiger charge is 2.27. The smallest absolute Gasteiger partial charge is 0.236 e. The molecule has 1 saturated carbocycles. The van der Waals surface area contributed by atoms with Crippen LogP contribution in [-0.4, -0.2) is 36.6 Å². The number of nitrogens with one attached hydrogen (secondary N) is 1. The van der Waals surface area contributed by atoms with E-state index in [1.165, 1.54) is 23.1 Å². The SMILES string of the molecule is O=C(CSc1nnc(-c2ccco2)n1Cc1ccccc1)Nc1nnc(C2CC2)s1. The van der Waals surface area contributed by atoms with Crippen LogP contribution in [0, 0.1) is 0 Å². The average Bonchev–Trinajstić information content (AvgIpc) is 3.14. The Bertz CT molecular complexity index is 1140. The topological polar surface area (TPSA) is 98.7 Å². The highest BCUT2D eigenvalue weighted by molar-refractivity contribution is 7.99. The van der Waals surface area contributed by atoms with Gasteiger partial charge in [0.05, 0.1) is 18.6 Å². The van der Waals surface area contributed by atoms with Gasteiger partial charge in [0.1, 0.15) is 5.01 Å². The molecule has 30 heavy (non-hydrogen) atoms. The molecule has 1 aliphatic rings. The molecule has 1 aliphatic carbocycles. The first-order chi connectivity index (χ1) is 14.8. The minimum Gasteiger partial charge on any atom is -0.461 e. The second-order valence-electron chi connectivity index (χ2n) is 6.91. The normalized spacial score (nSPS) is 13.5. The predicted molar refractivity (Wildman–Crippen MR) is 115 cm³/mol. The first-order valence-electron chi connectivity index (χ1n) is 9.53. The van der Waals surface area contributed by atoms with E-state index >= 15 is 0 Å². The standard InChI is InChI=1S/C20H18N6O2S2/c27-16(21-19-24-23-18(30-19)14-8-9-14)12-29-20-25-22-17(15-7-4-10-28-15)26(20)11-13-5-2-1-3-6-13/h1-7,10,14H,8-9,11-12H2,(H,21,24,27). The molecule has 8 nitrogen and oxygen atoms in total. The lowest BCUT2D eigenvalue weighted by atomic mass is 10.2. The molecule has 0 saturated heterocycles. The largest absolute Gasteiger partial charge is 0.461 e. The van der Waals surface area contributed by atoms with Crippen LogP contribution in [-0.2, 0) is 11.3 Å². The van der Waals surface area contributed by atoms with Gasteiger partial charge in [-0.2, -0.15) is 0 Å². The molecule has 0 atom stereocenters. The van der Waals surface area contributed by atoms with Gasteiger partial charge in [-0.15, -0.1) is 20.4 Å². The molecule has 5 rings (SSSR count). The zero-order valence-electron chi connectivity index (χ0n) is 15.9. The average molecular weight is 439 g/mol. The third kappa shape index (κ3) is 4.29. The maximum absolute atomic E-state index is 12.4. The first-order valence-corrected chi connectivity index (χ1v) is 11.3. The Balaban J connectivity index is 1.30. The zero-order chi connectivity index (χ0) is 20.3. The van der Waals surface area contributed by atoms with Crippen LogP contribution in [0.15, 0.2) is 58.3 Å². The predicted octanol–water partition coefficient (Wildman–Crippen LogP) is 4.05. The number of furan rings is 1. The van der Waals surface area contributed by atoms with Crippen LogP contribution in [0.5, 0.6) is 0 Å². The number of benzene rings is 1. The van der Waals surface area contributed by atoms with E-state index in [9.17, 15) is 4.79 Å². The summed E-state index contributed by atoms with van der Waals surface area (Å²) in [5, 5.41) is 21.8. The molecule has 1 fully saturated rings. The third-order valence-corrected chi connectivity index (χ3v) is 6.56. The molecule has 0 spiro atoms. The highest BCUT2D eigenvalue weighted by Crippen LogP contribution is 2.42. The summed E-state index contributed by atoms with van der Waals surface area (Å²) >= 11 is 2.78. The van der Waals surface area contributed by atoms with Crippen LogP contribution in [0.1, 0.15) is 29.3 Å². The molecular weight excluding hydrogens is 420 g/mol. The number of aromatic nitrogens is 5. The number of carbonyl (C=O) groups is 1. The monoisotopic (exact) mass is 438 g/mol. The lowest BCUT2D eigenvalue weighted by Crippen LogP contribution is -2.14. The van der Waals surface area contributed by atoms with Gasteiger partial charge in [0.25, 0.3) is 0 Å². The molecule has 1 N–H and O–H groups in total. The van der Waals surface area contributed by atoms with Crippen molar-refractivity contribution < 1.29 is 9.21 Å². The Morgan fingerprint density at radius 2 is 2.00 bits per heavy atom. The van der Waals surface area contributed by atoms with E-state index < -0.39 is 0 Å². The van der Waals surface area contributed by atoms with Crippen molar-refractivity contribution in [2.45, 2.75) is 30.5 Å². The summed E-state index contributed by atoms with van der Waals surface area (Å²) in [6, 6.07) is 13.7. The van der Waals surface area contributed by atoms with Crippen molar-refractivity contribution in [2.75, 3.05) is 11.1 Å². The van der Waals surface area contributed by atoms with Gasteiger partial charge in [-0.05, 0) is 30.5 Å². The summed E-state index contributed by atoms with van der Waals surface area (Å²) in [5.74, 6) is 1.84. The number of amides is 1. The fraction of sp³-hybridized carbons (Fsp3) is 0.250. The van der Waals surface area contributed by atoms with E-state index in [1.54, 1.807) is 6.26 Å². The van der Waals surface area contributed by atoms with Crippen molar-refractivity contribution in [1.29, 1.82) is 0 Å². The van der Waals surface area contributed by atoms with Crippen LogP contribution in [0.3, 0.4) is 0 Å². The maximum atomic E-state index is 12.4. The molecule has 0 radical (unpaired) electrons. The third-order valence-electron chi connectivity index (χ3n) is 4.59. The first kappa shape index (κ1) is 19.0. The maximum Gasteiger partial charge on any atom is 0.236 e. The fourth-order valence-electron chi connectivity index (χ4n) is 2.96.